The van der Waals surface area contributed by atoms with Gasteiger partial charge < -0.3 is 4.74 Å². The summed E-state index contributed by atoms with van der Waals surface area (Å²) in [5, 5.41) is -0.368. The molecule has 0 aliphatic carbocycles. The van der Waals surface area contributed by atoms with E-state index in [-0.39, 0.29) is 5.56 Å². The summed E-state index contributed by atoms with van der Waals surface area (Å²) in [6, 6.07) is 7.20. The molecule has 5 heteroatoms. The second-order valence-electron chi connectivity index (χ2n) is 4.38. The molecule has 0 radical (unpaired) electrons. The Balaban J connectivity index is 2.43. The Labute approximate surface area is 126 Å². The third-order valence-corrected chi connectivity index (χ3v) is 3.80. The lowest BCUT2D eigenvalue weighted by Crippen LogP contribution is -2.00. The number of hydrogen-bond donors (Lipinski definition) is 0. The maximum Gasteiger partial charge on any atom is 0.137 e. The van der Waals surface area contributed by atoms with Gasteiger partial charge in [-0.2, -0.15) is 0 Å². The van der Waals surface area contributed by atoms with Crippen molar-refractivity contribution in [3.8, 4) is 5.75 Å². The molecule has 0 N–H and O–H groups in total. The summed E-state index contributed by atoms with van der Waals surface area (Å²) in [6.07, 6.45) is 0. The molecule has 0 heterocycles. The smallest absolute Gasteiger partial charge is 0.137 e. The molecule has 20 heavy (non-hydrogen) atoms. The van der Waals surface area contributed by atoms with Gasteiger partial charge in [-0.15, -0.1) is 11.6 Å². The van der Waals surface area contributed by atoms with Crippen LogP contribution < -0.4 is 4.74 Å². The van der Waals surface area contributed by atoms with Crippen LogP contribution in [-0.2, 0) is 0 Å². The van der Waals surface area contributed by atoms with Gasteiger partial charge in [-0.25, -0.2) is 8.78 Å². The minimum absolute atomic E-state index is 0.215. The molecule has 1 atom stereocenters. The Morgan fingerprint density at radius 2 is 1.80 bits per heavy atom. The molecule has 0 bridgehead atoms. The van der Waals surface area contributed by atoms with E-state index in [1.54, 1.807) is 25.1 Å². The number of hydrogen-bond acceptors (Lipinski definition) is 1. The highest BCUT2D eigenvalue weighted by Crippen LogP contribution is 2.35. The molecule has 2 aromatic rings. The van der Waals surface area contributed by atoms with Crippen molar-refractivity contribution in [3.63, 3.8) is 0 Å². The number of benzene rings is 2. The first-order valence-corrected chi connectivity index (χ1v) is 6.68. The number of rotatable bonds is 3. The van der Waals surface area contributed by atoms with Crippen LogP contribution in [0.3, 0.4) is 0 Å². The van der Waals surface area contributed by atoms with Crippen LogP contribution in [0.5, 0.6) is 5.75 Å². The Bertz CT molecular complexity index is 644. The molecule has 0 aliphatic rings. The summed E-state index contributed by atoms with van der Waals surface area (Å²) in [5.74, 6) is -0.766. The Morgan fingerprint density at radius 1 is 1.10 bits per heavy atom. The van der Waals surface area contributed by atoms with E-state index in [0.717, 1.165) is 6.07 Å². The third kappa shape index (κ3) is 2.89. The predicted octanol–water partition coefficient (Wildman–Crippen LogP) is 5.26. The summed E-state index contributed by atoms with van der Waals surface area (Å²) in [5.41, 5.74) is 1.17. The minimum atomic E-state index is -0.752. The van der Waals surface area contributed by atoms with Crippen molar-refractivity contribution in [1.82, 2.24) is 0 Å². The van der Waals surface area contributed by atoms with Crippen LogP contribution in [0.1, 0.15) is 22.1 Å². The van der Waals surface area contributed by atoms with E-state index in [4.69, 9.17) is 27.9 Å². The molecule has 2 aromatic carbocycles. The van der Waals surface area contributed by atoms with Crippen LogP contribution in [0.2, 0.25) is 5.02 Å². The number of alkyl halides is 1. The van der Waals surface area contributed by atoms with Crippen molar-refractivity contribution in [1.29, 1.82) is 0 Å². The fourth-order valence-electron chi connectivity index (χ4n) is 1.89. The molecule has 0 amide bonds. The van der Waals surface area contributed by atoms with E-state index in [1.165, 1.54) is 13.2 Å². The van der Waals surface area contributed by atoms with E-state index in [0.29, 0.717) is 21.9 Å². The predicted molar refractivity (Wildman–Crippen MR) is 76.8 cm³/mol. The summed E-state index contributed by atoms with van der Waals surface area (Å²) < 4.78 is 32.1. The number of aryl methyl sites for hydroxylation is 1. The summed E-state index contributed by atoms with van der Waals surface area (Å²) in [4.78, 5) is 0. The van der Waals surface area contributed by atoms with Gasteiger partial charge in [0.05, 0.1) is 17.5 Å². The molecular weight excluding hydrogens is 305 g/mol. The van der Waals surface area contributed by atoms with Gasteiger partial charge in [0.1, 0.15) is 17.4 Å². The molecule has 0 aliphatic heterocycles. The zero-order chi connectivity index (χ0) is 14.9. The first-order valence-electron chi connectivity index (χ1n) is 5.87. The van der Waals surface area contributed by atoms with Gasteiger partial charge in [0.2, 0.25) is 0 Å². The molecule has 0 spiro atoms. The van der Waals surface area contributed by atoms with Gasteiger partial charge in [-0.3, -0.25) is 0 Å². The van der Waals surface area contributed by atoms with E-state index in [2.05, 4.69) is 0 Å². The van der Waals surface area contributed by atoms with Crippen molar-refractivity contribution in [3.05, 3.63) is 63.7 Å². The lowest BCUT2D eigenvalue weighted by atomic mass is 10.0. The maximum atomic E-state index is 13.8. The van der Waals surface area contributed by atoms with Crippen molar-refractivity contribution < 1.29 is 13.5 Å². The lowest BCUT2D eigenvalue weighted by Gasteiger charge is -2.14. The van der Waals surface area contributed by atoms with Crippen LogP contribution in [-0.4, -0.2) is 7.11 Å². The molecule has 1 nitrogen and oxygen atoms in total. The summed E-state index contributed by atoms with van der Waals surface area (Å²) in [7, 11) is 1.50. The van der Waals surface area contributed by atoms with E-state index in [1.807, 2.05) is 0 Å². The van der Waals surface area contributed by atoms with E-state index in [9.17, 15) is 8.78 Å². The first kappa shape index (κ1) is 15.1. The number of ether oxygens (including phenoxy) is 1. The van der Waals surface area contributed by atoms with Crippen molar-refractivity contribution in [2.75, 3.05) is 7.11 Å². The van der Waals surface area contributed by atoms with Gasteiger partial charge in [-0.05, 0) is 36.2 Å². The summed E-state index contributed by atoms with van der Waals surface area (Å²) in [6.45, 7) is 1.56. The molecule has 0 fully saturated rings. The van der Waals surface area contributed by atoms with Crippen molar-refractivity contribution in [2.24, 2.45) is 0 Å². The van der Waals surface area contributed by atoms with E-state index >= 15 is 0 Å². The van der Waals surface area contributed by atoms with Gasteiger partial charge in [0, 0.05) is 11.6 Å². The zero-order valence-electron chi connectivity index (χ0n) is 10.9. The molecule has 106 valence electrons. The Morgan fingerprint density at radius 3 is 2.40 bits per heavy atom. The second kappa shape index (κ2) is 5.98. The molecule has 2 rings (SSSR count). The number of methoxy groups -OCH3 is 1. The van der Waals surface area contributed by atoms with Crippen molar-refractivity contribution in [2.45, 2.75) is 12.3 Å². The van der Waals surface area contributed by atoms with Crippen LogP contribution in [0.15, 0.2) is 30.3 Å². The third-order valence-electron chi connectivity index (χ3n) is 3.02. The highest BCUT2D eigenvalue weighted by Gasteiger charge is 2.18. The number of halogens is 4. The van der Waals surface area contributed by atoms with Crippen LogP contribution in [0, 0.1) is 18.6 Å². The highest BCUT2D eigenvalue weighted by atomic mass is 35.5. The monoisotopic (exact) mass is 316 g/mol. The molecule has 1 unspecified atom stereocenters. The summed E-state index contributed by atoms with van der Waals surface area (Å²) >= 11 is 12.3. The first-order chi connectivity index (χ1) is 9.43. The van der Waals surface area contributed by atoms with Crippen LogP contribution >= 0.6 is 23.2 Å². The van der Waals surface area contributed by atoms with Gasteiger partial charge >= 0.3 is 0 Å². The fourth-order valence-corrected chi connectivity index (χ4v) is 2.46. The van der Waals surface area contributed by atoms with Crippen LogP contribution in [0.4, 0.5) is 8.78 Å². The minimum Gasteiger partial charge on any atom is -0.495 e. The highest BCUT2D eigenvalue weighted by molar-refractivity contribution is 6.32. The standard InChI is InChI=1S/C15H12Cl2F2O/c1-8-5-10(13(19)7-12(8)18)15(17)9-3-4-14(20-2)11(16)6-9/h3-7,15H,1-2H3. The maximum absolute atomic E-state index is 13.8. The molecule has 0 saturated carbocycles. The second-order valence-corrected chi connectivity index (χ2v) is 5.22. The Kier molecular flexibility index (Phi) is 4.51. The van der Waals surface area contributed by atoms with Gasteiger partial charge in [0.15, 0.2) is 0 Å². The van der Waals surface area contributed by atoms with Crippen molar-refractivity contribution >= 4 is 23.2 Å². The quantitative estimate of drug-likeness (QED) is 0.701. The molecule has 0 aromatic heterocycles. The SMILES string of the molecule is COc1ccc(C(Cl)c2cc(C)c(F)cc2F)cc1Cl. The van der Waals surface area contributed by atoms with Crippen LogP contribution in [0.25, 0.3) is 0 Å². The Hall–Kier alpha value is -1.32. The van der Waals surface area contributed by atoms with Gasteiger partial charge in [0.25, 0.3) is 0 Å². The normalized spacial score (nSPS) is 12.3. The fraction of sp³-hybridized carbons (Fsp3) is 0.200. The lowest BCUT2D eigenvalue weighted by molar-refractivity contribution is 0.415. The van der Waals surface area contributed by atoms with Gasteiger partial charge in [-0.1, -0.05) is 17.7 Å². The molecule has 0 saturated heterocycles. The average Bonchev–Trinajstić information content (AvgIpc) is 2.42. The van der Waals surface area contributed by atoms with E-state index < -0.39 is 17.0 Å². The zero-order valence-corrected chi connectivity index (χ0v) is 12.4. The topological polar surface area (TPSA) is 9.23 Å². The average molecular weight is 317 g/mol. The largest absolute Gasteiger partial charge is 0.495 e. The molecular formula is C15H12Cl2F2O.